The van der Waals surface area contributed by atoms with Crippen LogP contribution in [0.2, 0.25) is 0 Å². The van der Waals surface area contributed by atoms with Crippen molar-refractivity contribution in [1.82, 2.24) is 9.78 Å². The first-order valence-corrected chi connectivity index (χ1v) is 5.93. The minimum Gasteiger partial charge on any atom is -0.324 e. The van der Waals surface area contributed by atoms with Crippen LogP contribution in [-0.2, 0) is 6.54 Å². The molecule has 0 saturated heterocycles. The zero-order valence-electron chi connectivity index (χ0n) is 9.95. The topological polar surface area (TPSA) is 43.8 Å². The second kappa shape index (κ2) is 3.97. The number of aromatic nitrogens is 2. The third-order valence-electron chi connectivity index (χ3n) is 3.38. The zero-order valence-corrected chi connectivity index (χ0v) is 9.95. The van der Waals surface area contributed by atoms with E-state index in [-0.39, 0.29) is 6.04 Å². The highest BCUT2D eigenvalue weighted by molar-refractivity contribution is 5.27. The summed E-state index contributed by atoms with van der Waals surface area (Å²) in [6.45, 7) is 7.43. The van der Waals surface area contributed by atoms with E-state index < -0.39 is 0 Å². The fraction of sp³-hybridized carbons (Fsp3) is 0.750. The third kappa shape index (κ3) is 2.07. The standard InChI is InChI=1S/C12H21N3/c1-4-11(13)12-8(2)14-15(9(12)3)7-10-5-6-10/h10-11H,4-7,13H2,1-3H3. The molecule has 84 valence electrons. The first-order valence-electron chi connectivity index (χ1n) is 5.93. The number of hydrogen-bond acceptors (Lipinski definition) is 2. The quantitative estimate of drug-likeness (QED) is 0.823. The Hall–Kier alpha value is -0.830. The first-order chi connectivity index (χ1) is 7.13. The molecule has 1 aliphatic carbocycles. The summed E-state index contributed by atoms with van der Waals surface area (Å²) in [6, 6.07) is 0.151. The Morgan fingerprint density at radius 2 is 2.13 bits per heavy atom. The molecule has 3 nitrogen and oxygen atoms in total. The average Bonchev–Trinajstić information content (AvgIpc) is 2.95. The normalized spacial score (nSPS) is 18.1. The first kappa shape index (κ1) is 10.7. The van der Waals surface area contributed by atoms with Crippen LogP contribution in [0.1, 0.15) is 49.2 Å². The molecule has 0 bridgehead atoms. The number of nitrogens with zero attached hydrogens (tertiary/aromatic N) is 2. The molecule has 15 heavy (non-hydrogen) atoms. The molecular weight excluding hydrogens is 186 g/mol. The van der Waals surface area contributed by atoms with Gasteiger partial charge in [0.25, 0.3) is 0 Å². The van der Waals surface area contributed by atoms with Crippen molar-refractivity contribution in [1.29, 1.82) is 0 Å². The van der Waals surface area contributed by atoms with Gasteiger partial charge < -0.3 is 5.73 Å². The molecule has 0 radical (unpaired) electrons. The van der Waals surface area contributed by atoms with Gasteiger partial charge in [0.1, 0.15) is 0 Å². The van der Waals surface area contributed by atoms with E-state index in [0.29, 0.717) is 0 Å². The van der Waals surface area contributed by atoms with Crippen molar-refractivity contribution in [3.8, 4) is 0 Å². The monoisotopic (exact) mass is 207 g/mol. The second-order valence-corrected chi connectivity index (χ2v) is 4.72. The lowest BCUT2D eigenvalue weighted by Gasteiger charge is -2.09. The lowest BCUT2D eigenvalue weighted by molar-refractivity contribution is 0.545. The Kier molecular flexibility index (Phi) is 2.83. The zero-order chi connectivity index (χ0) is 11.0. The van der Waals surface area contributed by atoms with Crippen LogP contribution in [0, 0.1) is 19.8 Å². The van der Waals surface area contributed by atoms with E-state index in [1.54, 1.807) is 0 Å². The molecule has 0 aliphatic heterocycles. The average molecular weight is 207 g/mol. The Morgan fingerprint density at radius 1 is 1.47 bits per heavy atom. The van der Waals surface area contributed by atoms with Gasteiger partial charge >= 0.3 is 0 Å². The molecule has 1 unspecified atom stereocenters. The predicted molar refractivity (Wildman–Crippen MR) is 61.6 cm³/mol. The molecule has 0 spiro atoms. The van der Waals surface area contributed by atoms with E-state index in [9.17, 15) is 0 Å². The molecule has 2 N–H and O–H groups in total. The van der Waals surface area contributed by atoms with Gasteiger partial charge in [0, 0.05) is 23.8 Å². The Bertz CT molecular complexity index is 350. The third-order valence-corrected chi connectivity index (χ3v) is 3.38. The minimum atomic E-state index is 0.151. The van der Waals surface area contributed by atoms with Crippen LogP contribution in [0.25, 0.3) is 0 Å². The molecule has 1 aromatic rings. The molecule has 1 aliphatic rings. The van der Waals surface area contributed by atoms with Crippen molar-refractivity contribution >= 4 is 0 Å². The maximum Gasteiger partial charge on any atom is 0.0644 e. The Balaban J connectivity index is 2.25. The lowest BCUT2D eigenvalue weighted by Crippen LogP contribution is -2.11. The van der Waals surface area contributed by atoms with E-state index in [4.69, 9.17) is 5.73 Å². The SMILES string of the molecule is CCC(N)c1c(C)nn(CC2CC2)c1C. The summed E-state index contributed by atoms with van der Waals surface area (Å²) in [5, 5.41) is 4.60. The highest BCUT2D eigenvalue weighted by atomic mass is 15.3. The fourth-order valence-electron chi connectivity index (χ4n) is 2.17. The van der Waals surface area contributed by atoms with E-state index >= 15 is 0 Å². The molecule has 1 heterocycles. The van der Waals surface area contributed by atoms with Crippen LogP contribution in [0.4, 0.5) is 0 Å². The van der Waals surface area contributed by atoms with Gasteiger partial charge in [-0.2, -0.15) is 5.10 Å². The summed E-state index contributed by atoms with van der Waals surface area (Å²) < 4.78 is 2.15. The number of rotatable bonds is 4. The number of nitrogens with two attached hydrogens (primary N) is 1. The van der Waals surface area contributed by atoms with Crippen LogP contribution in [0.5, 0.6) is 0 Å². The molecule has 3 heteroatoms. The predicted octanol–water partition coefficient (Wildman–Crippen LogP) is 2.32. The minimum absolute atomic E-state index is 0.151. The van der Waals surface area contributed by atoms with Gasteiger partial charge in [0.15, 0.2) is 0 Å². The van der Waals surface area contributed by atoms with Gasteiger partial charge in [0.2, 0.25) is 0 Å². The second-order valence-electron chi connectivity index (χ2n) is 4.72. The molecule has 2 rings (SSSR count). The van der Waals surface area contributed by atoms with Crippen LogP contribution >= 0.6 is 0 Å². The summed E-state index contributed by atoms with van der Waals surface area (Å²) in [4.78, 5) is 0. The summed E-state index contributed by atoms with van der Waals surface area (Å²) in [5.74, 6) is 0.869. The van der Waals surface area contributed by atoms with Crippen molar-refractivity contribution in [2.24, 2.45) is 11.7 Å². The molecule has 0 amide bonds. The van der Waals surface area contributed by atoms with Gasteiger partial charge in [-0.1, -0.05) is 6.92 Å². The van der Waals surface area contributed by atoms with Crippen LogP contribution in [-0.4, -0.2) is 9.78 Å². The lowest BCUT2D eigenvalue weighted by atomic mass is 10.0. The number of hydrogen-bond donors (Lipinski definition) is 1. The largest absolute Gasteiger partial charge is 0.324 e. The van der Waals surface area contributed by atoms with Gasteiger partial charge in [-0.05, 0) is 39.0 Å². The summed E-state index contributed by atoms with van der Waals surface area (Å²) in [6.07, 6.45) is 3.72. The number of aryl methyl sites for hydroxylation is 1. The fourth-order valence-corrected chi connectivity index (χ4v) is 2.17. The van der Waals surface area contributed by atoms with Crippen LogP contribution < -0.4 is 5.73 Å². The molecule has 1 atom stereocenters. The Morgan fingerprint density at radius 3 is 2.67 bits per heavy atom. The highest BCUT2D eigenvalue weighted by Crippen LogP contribution is 2.32. The molecule has 0 aromatic carbocycles. The molecule has 1 aromatic heterocycles. The molecule has 1 fully saturated rings. The van der Waals surface area contributed by atoms with Gasteiger partial charge in [-0.3, -0.25) is 4.68 Å². The smallest absolute Gasteiger partial charge is 0.0644 e. The van der Waals surface area contributed by atoms with E-state index in [2.05, 4.69) is 30.6 Å². The van der Waals surface area contributed by atoms with Crippen molar-refractivity contribution < 1.29 is 0 Å². The Labute approximate surface area is 91.7 Å². The maximum atomic E-state index is 6.10. The van der Waals surface area contributed by atoms with Crippen LogP contribution in [0.3, 0.4) is 0 Å². The van der Waals surface area contributed by atoms with E-state index in [1.807, 2.05) is 0 Å². The van der Waals surface area contributed by atoms with Crippen molar-refractivity contribution in [2.45, 2.75) is 52.6 Å². The van der Waals surface area contributed by atoms with Gasteiger partial charge in [0.05, 0.1) is 5.69 Å². The van der Waals surface area contributed by atoms with Gasteiger partial charge in [-0.15, -0.1) is 0 Å². The van der Waals surface area contributed by atoms with Crippen molar-refractivity contribution in [3.63, 3.8) is 0 Å². The summed E-state index contributed by atoms with van der Waals surface area (Å²) in [5.41, 5.74) is 9.75. The summed E-state index contributed by atoms with van der Waals surface area (Å²) >= 11 is 0. The van der Waals surface area contributed by atoms with Gasteiger partial charge in [-0.25, -0.2) is 0 Å². The summed E-state index contributed by atoms with van der Waals surface area (Å²) in [7, 11) is 0. The van der Waals surface area contributed by atoms with Crippen LogP contribution in [0.15, 0.2) is 0 Å². The van der Waals surface area contributed by atoms with Crippen molar-refractivity contribution in [2.75, 3.05) is 0 Å². The molecule has 1 saturated carbocycles. The molecular formula is C12H21N3. The van der Waals surface area contributed by atoms with Crippen molar-refractivity contribution in [3.05, 3.63) is 17.0 Å². The highest BCUT2D eigenvalue weighted by Gasteiger charge is 2.24. The van der Waals surface area contributed by atoms with E-state index in [0.717, 1.165) is 24.6 Å². The maximum absolute atomic E-state index is 6.10. The van der Waals surface area contributed by atoms with E-state index in [1.165, 1.54) is 24.1 Å².